The van der Waals surface area contributed by atoms with Crippen molar-refractivity contribution < 1.29 is 24.2 Å². The zero-order valence-corrected chi connectivity index (χ0v) is 16.0. The number of hydrogen-bond acceptors (Lipinski definition) is 5. The number of aliphatic hydroxyl groups is 1. The summed E-state index contributed by atoms with van der Waals surface area (Å²) < 4.78 is 5.12. The van der Waals surface area contributed by atoms with Gasteiger partial charge >= 0.3 is 6.09 Å². The summed E-state index contributed by atoms with van der Waals surface area (Å²) >= 11 is 0. The average molecular weight is 379 g/mol. The minimum Gasteiger partial charge on any atom is -0.444 e. The number of benzene rings is 1. The lowest BCUT2D eigenvalue weighted by Crippen LogP contribution is -2.53. The SMILES string of the molecule is CC(C)(C)OC(=O)N[C@@H](CCO)C(=O)N[C@@H](CCc1ccccc1)C(N)=O. The first-order valence-corrected chi connectivity index (χ1v) is 8.86. The standard InChI is InChI=1S/C19H29N3O5/c1-19(2,3)27-18(26)22-15(11-12-23)17(25)21-14(16(20)24)10-9-13-7-5-4-6-8-13/h4-8,14-15,23H,9-12H2,1-3H3,(H2,20,24)(H,21,25)(H,22,26)/t14-,15-/m0/s1. The lowest BCUT2D eigenvalue weighted by molar-refractivity contribution is -0.129. The lowest BCUT2D eigenvalue weighted by atomic mass is 10.0. The number of amides is 3. The molecule has 0 unspecified atom stereocenters. The van der Waals surface area contributed by atoms with Crippen LogP contribution in [0.1, 0.15) is 39.2 Å². The zero-order valence-electron chi connectivity index (χ0n) is 16.0. The summed E-state index contributed by atoms with van der Waals surface area (Å²) in [6.07, 6.45) is 0.0772. The summed E-state index contributed by atoms with van der Waals surface area (Å²) in [7, 11) is 0. The third kappa shape index (κ3) is 9.05. The van der Waals surface area contributed by atoms with E-state index < -0.39 is 35.6 Å². The van der Waals surface area contributed by atoms with Crippen molar-refractivity contribution in [3.63, 3.8) is 0 Å². The molecule has 1 rings (SSSR count). The molecule has 0 saturated heterocycles. The van der Waals surface area contributed by atoms with Crippen molar-refractivity contribution in [2.75, 3.05) is 6.61 Å². The van der Waals surface area contributed by atoms with Crippen LogP contribution in [0.25, 0.3) is 0 Å². The maximum Gasteiger partial charge on any atom is 0.408 e. The maximum atomic E-state index is 12.5. The summed E-state index contributed by atoms with van der Waals surface area (Å²) in [6.45, 7) is 4.76. The number of primary amides is 1. The fourth-order valence-corrected chi connectivity index (χ4v) is 2.36. The highest BCUT2D eigenvalue weighted by Crippen LogP contribution is 2.08. The van der Waals surface area contributed by atoms with Crippen molar-refractivity contribution in [1.82, 2.24) is 10.6 Å². The second-order valence-electron chi connectivity index (χ2n) is 7.20. The van der Waals surface area contributed by atoms with Crippen LogP contribution in [-0.2, 0) is 20.7 Å². The van der Waals surface area contributed by atoms with Gasteiger partial charge in [0.25, 0.3) is 0 Å². The molecule has 5 N–H and O–H groups in total. The van der Waals surface area contributed by atoms with Crippen molar-refractivity contribution in [2.45, 2.75) is 57.7 Å². The number of hydrogen-bond donors (Lipinski definition) is 4. The van der Waals surface area contributed by atoms with Crippen LogP contribution in [0, 0.1) is 0 Å². The number of ether oxygens (including phenoxy) is 1. The van der Waals surface area contributed by atoms with E-state index in [9.17, 15) is 14.4 Å². The molecule has 150 valence electrons. The summed E-state index contributed by atoms with van der Waals surface area (Å²) in [5.41, 5.74) is 5.68. The molecule has 0 heterocycles. The molecule has 0 aromatic heterocycles. The fourth-order valence-electron chi connectivity index (χ4n) is 2.36. The number of carbonyl (C=O) groups is 3. The molecular weight excluding hydrogens is 350 g/mol. The van der Waals surface area contributed by atoms with E-state index in [1.807, 2.05) is 30.3 Å². The monoisotopic (exact) mass is 379 g/mol. The van der Waals surface area contributed by atoms with Gasteiger partial charge in [-0.15, -0.1) is 0 Å². The Hall–Kier alpha value is -2.61. The van der Waals surface area contributed by atoms with E-state index in [4.69, 9.17) is 15.6 Å². The Balaban J connectivity index is 2.69. The predicted octanol–water partition coefficient (Wildman–Crippen LogP) is 0.865. The van der Waals surface area contributed by atoms with E-state index in [0.29, 0.717) is 12.8 Å². The van der Waals surface area contributed by atoms with Crippen molar-refractivity contribution in [2.24, 2.45) is 5.73 Å². The van der Waals surface area contributed by atoms with Gasteiger partial charge in [-0.3, -0.25) is 9.59 Å². The Morgan fingerprint density at radius 2 is 1.70 bits per heavy atom. The normalized spacial score (nSPS) is 13.3. The van der Waals surface area contributed by atoms with Gasteiger partial charge in [-0.1, -0.05) is 30.3 Å². The van der Waals surface area contributed by atoms with Gasteiger partial charge in [0, 0.05) is 6.61 Å². The van der Waals surface area contributed by atoms with Crippen LogP contribution >= 0.6 is 0 Å². The fraction of sp³-hybridized carbons (Fsp3) is 0.526. The molecule has 0 radical (unpaired) electrons. The summed E-state index contributed by atoms with van der Waals surface area (Å²) in [5, 5.41) is 14.1. The van der Waals surface area contributed by atoms with Gasteiger partial charge in [0.05, 0.1) is 0 Å². The summed E-state index contributed by atoms with van der Waals surface area (Å²) in [6, 6.07) is 7.56. The Morgan fingerprint density at radius 3 is 2.22 bits per heavy atom. The number of alkyl carbamates (subject to hydrolysis) is 1. The number of nitrogens with two attached hydrogens (primary N) is 1. The van der Waals surface area contributed by atoms with Crippen LogP contribution in [0.15, 0.2) is 30.3 Å². The molecule has 2 atom stereocenters. The molecule has 0 fully saturated rings. The molecule has 0 aliphatic carbocycles. The third-order valence-corrected chi connectivity index (χ3v) is 3.65. The smallest absolute Gasteiger partial charge is 0.408 e. The molecule has 0 aliphatic heterocycles. The van der Waals surface area contributed by atoms with Crippen LogP contribution in [0.2, 0.25) is 0 Å². The van der Waals surface area contributed by atoms with Crippen LogP contribution < -0.4 is 16.4 Å². The van der Waals surface area contributed by atoms with Gasteiger partial charge < -0.3 is 26.2 Å². The molecule has 0 saturated carbocycles. The minimum absolute atomic E-state index is 0.0186. The highest BCUT2D eigenvalue weighted by Gasteiger charge is 2.27. The minimum atomic E-state index is -1.04. The molecular formula is C19H29N3O5. The molecule has 8 nitrogen and oxygen atoms in total. The van der Waals surface area contributed by atoms with Crippen LogP contribution in [0.5, 0.6) is 0 Å². The summed E-state index contributed by atoms with van der Waals surface area (Å²) in [4.78, 5) is 36.0. The number of carbonyl (C=O) groups excluding carboxylic acids is 3. The number of aliphatic hydroxyl groups excluding tert-OH is 1. The first-order chi connectivity index (χ1) is 12.6. The molecule has 0 bridgehead atoms. The lowest BCUT2D eigenvalue weighted by Gasteiger charge is -2.24. The average Bonchev–Trinajstić information content (AvgIpc) is 2.57. The third-order valence-electron chi connectivity index (χ3n) is 3.65. The van der Waals surface area contributed by atoms with E-state index in [1.165, 1.54) is 0 Å². The van der Waals surface area contributed by atoms with Gasteiger partial charge in [0.2, 0.25) is 11.8 Å². The Bertz CT molecular complexity index is 628. The van der Waals surface area contributed by atoms with E-state index in [2.05, 4.69) is 10.6 Å². The van der Waals surface area contributed by atoms with Gasteiger partial charge in [-0.25, -0.2) is 4.79 Å². The quantitative estimate of drug-likeness (QED) is 0.505. The first-order valence-electron chi connectivity index (χ1n) is 8.86. The molecule has 0 aliphatic rings. The number of nitrogens with one attached hydrogen (secondary N) is 2. The van der Waals surface area contributed by atoms with E-state index in [1.54, 1.807) is 20.8 Å². The van der Waals surface area contributed by atoms with Crippen molar-refractivity contribution in [1.29, 1.82) is 0 Å². The Morgan fingerprint density at radius 1 is 1.07 bits per heavy atom. The second-order valence-corrected chi connectivity index (χ2v) is 7.20. The molecule has 27 heavy (non-hydrogen) atoms. The van der Waals surface area contributed by atoms with E-state index in [0.717, 1.165) is 5.56 Å². The maximum absolute atomic E-state index is 12.5. The second kappa shape index (κ2) is 10.5. The van der Waals surface area contributed by atoms with Crippen LogP contribution in [-0.4, -0.2) is 47.3 Å². The first kappa shape index (κ1) is 22.4. The Labute approximate surface area is 159 Å². The Kier molecular flexibility index (Phi) is 8.74. The number of rotatable bonds is 9. The van der Waals surface area contributed by atoms with Crippen molar-refractivity contribution in [3.8, 4) is 0 Å². The van der Waals surface area contributed by atoms with Gasteiger partial charge in [-0.2, -0.15) is 0 Å². The molecule has 1 aromatic rings. The van der Waals surface area contributed by atoms with Crippen molar-refractivity contribution >= 4 is 17.9 Å². The number of aryl methyl sites for hydroxylation is 1. The predicted molar refractivity (Wildman–Crippen MR) is 101 cm³/mol. The van der Waals surface area contributed by atoms with Gasteiger partial charge in [-0.05, 0) is 45.6 Å². The molecule has 3 amide bonds. The van der Waals surface area contributed by atoms with Gasteiger partial charge in [0.15, 0.2) is 0 Å². The summed E-state index contributed by atoms with van der Waals surface area (Å²) in [5.74, 6) is -1.27. The van der Waals surface area contributed by atoms with E-state index in [-0.39, 0.29) is 13.0 Å². The molecule has 1 aromatic carbocycles. The van der Waals surface area contributed by atoms with Gasteiger partial charge in [0.1, 0.15) is 17.7 Å². The molecule has 8 heteroatoms. The highest BCUT2D eigenvalue weighted by molar-refractivity contribution is 5.90. The highest BCUT2D eigenvalue weighted by atomic mass is 16.6. The largest absolute Gasteiger partial charge is 0.444 e. The zero-order chi connectivity index (χ0) is 20.4. The van der Waals surface area contributed by atoms with Crippen LogP contribution in [0.3, 0.4) is 0 Å². The molecule has 0 spiro atoms. The van der Waals surface area contributed by atoms with Crippen molar-refractivity contribution in [3.05, 3.63) is 35.9 Å². The van der Waals surface area contributed by atoms with Crippen LogP contribution in [0.4, 0.5) is 4.79 Å². The topological polar surface area (TPSA) is 131 Å². The van der Waals surface area contributed by atoms with E-state index >= 15 is 0 Å².